The third-order valence-electron chi connectivity index (χ3n) is 2.60. The number of rotatable bonds is 2. The number of carbonyl (C=O) groups excluding carboxylic acids is 3. The number of amides is 4. The molecule has 1 fully saturated rings. The number of carbonyl (C=O) groups is 3. The Labute approximate surface area is 117 Å². The highest BCUT2D eigenvalue weighted by atomic mass is 35.5. The normalized spacial score (nSPS) is 15.7. The molecule has 0 N–H and O–H groups in total. The fourth-order valence-electron chi connectivity index (χ4n) is 1.68. The van der Waals surface area contributed by atoms with E-state index in [0.717, 1.165) is 17.0 Å². The number of hydrogen-bond acceptors (Lipinski definition) is 3. The minimum Gasteiger partial charge on any atom is -0.263 e. The van der Waals surface area contributed by atoms with Gasteiger partial charge in [-0.2, -0.15) is 0 Å². The van der Waals surface area contributed by atoms with E-state index in [9.17, 15) is 18.8 Å². The third-order valence-corrected chi connectivity index (χ3v) is 3.15. The van der Waals surface area contributed by atoms with Crippen molar-refractivity contribution in [3.8, 4) is 0 Å². The van der Waals surface area contributed by atoms with Crippen molar-refractivity contribution >= 4 is 46.7 Å². The van der Waals surface area contributed by atoms with Gasteiger partial charge in [0.05, 0.1) is 15.7 Å². The Balaban J connectivity index is 2.51. The lowest BCUT2D eigenvalue weighted by molar-refractivity contribution is -0.139. The molecule has 0 spiro atoms. The molecule has 1 aromatic rings. The molecule has 100 valence electrons. The first-order valence-electron chi connectivity index (χ1n) is 5.23. The molecule has 1 aromatic carbocycles. The fraction of sp³-hybridized carbons (Fsp3) is 0.182. The van der Waals surface area contributed by atoms with Crippen LogP contribution >= 0.6 is 23.2 Å². The summed E-state index contributed by atoms with van der Waals surface area (Å²) in [4.78, 5) is 36.5. The molecule has 0 aromatic heterocycles. The number of hydrogen-bond donors (Lipinski definition) is 0. The SMILES string of the molecule is CCN1C(=O)C(=O)N(c2cc(Cl)c(F)c(Cl)c2)C1=O. The van der Waals surface area contributed by atoms with Gasteiger partial charge in [-0.3, -0.25) is 14.5 Å². The summed E-state index contributed by atoms with van der Waals surface area (Å²) in [6.45, 7) is 1.61. The zero-order valence-corrected chi connectivity index (χ0v) is 11.1. The molecule has 1 aliphatic heterocycles. The van der Waals surface area contributed by atoms with Crippen molar-refractivity contribution in [2.24, 2.45) is 0 Å². The van der Waals surface area contributed by atoms with Gasteiger partial charge >= 0.3 is 17.8 Å². The molecule has 2 rings (SSSR count). The standard InChI is InChI=1S/C11H7Cl2FN2O3/c1-2-15-9(17)10(18)16(11(15)19)5-3-6(12)8(14)7(13)4-5/h3-4H,2H2,1H3. The molecular formula is C11H7Cl2FN2O3. The first-order chi connectivity index (χ1) is 8.88. The van der Waals surface area contributed by atoms with Crippen LogP contribution in [0.2, 0.25) is 10.0 Å². The lowest BCUT2D eigenvalue weighted by Gasteiger charge is -2.15. The van der Waals surface area contributed by atoms with Gasteiger partial charge in [-0.1, -0.05) is 23.2 Å². The van der Waals surface area contributed by atoms with Crippen LogP contribution in [0.5, 0.6) is 0 Å². The van der Waals surface area contributed by atoms with E-state index in [1.165, 1.54) is 0 Å². The van der Waals surface area contributed by atoms with Gasteiger partial charge in [0.2, 0.25) is 0 Å². The molecule has 19 heavy (non-hydrogen) atoms. The van der Waals surface area contributed by atoms with Gasteiger partial charge in [-0.15, -0.1) is 0 Å². The summed E-state index contributed by atoms with van der Waals surface area (Å²) in [6.07, 6.45) is 0. The summed E-state index contributed by atoms with van der Waals surface area (Å²) >= 11 is 11.2. The van der Waals surface area contributed by atoms with Crippen molar-refractivity contribution in [3.63, 3.8) is 0 Å². The Morgan fingerprint density at radius 1 is 1.11 bits per heavy atom. The van der Waals surface area contributed by atoms with Gasteiger partial charge in [0.1, 0.15) is 0 Å². The molecule has 0 unspecified atom stereocenters. The number of nitrogens with zero attached hydrogens (tertiary/aromatic N) is 2. The molecule has 0 aliphatic carbocycles. The maximum Gasteiger partial charge on any atom is 0.338 e. The number of likely N-dealkylation sites (N-methyl/N-ethyl adjacent to an activating group) is 1. The van der Waals surface area contributed by atoms with Crippen LogP contribution in [0.15, 0.2) is 12.1 Å². The van der Waals surface area contributed by atoms with Gasteiger partial charge in [-0.25, -0.2) is 14.1 Å². The number of halogens is 3. The second-order valence-electron chi connectivity index (χ2n) is 3.70. The number of anilines is 1. The van der Waals surface area contributed by atoms with Crippen LogP contribution in [0.25, 0.3) is 0 Å². The zero-order chi connectivity index (χ0) is 14.3. The molecule has 1 heterocycles. The molecule has 5 nitrogen and oxygen atoms in total. The van der Waals surface area contributed by atoms with E-state index in [1.807, 2.05) is 0 Å². The molecule has 1 saturated heterocycles. The summed E-state index contributed by atoms with van der Waals surface area (Å²) in [6, 6.07) is 1.31. The molecule has 0 saturated carbocycles. The highest BCUT2D eigenvalue weighted by Gasteiger charge is 2.44. The number of urea groups is 1. The smallest absolute Gasteiger partial charge is 0.263 e. The first kappa shape index (κ1) is 13.8. The van der Waals surface area contributed by atoms with Crippen LogP contribution in [0.3, 0.4) is 0 Å². The van der Waals surface area contributed by atoms with Gasteiger partial charge in [-0.05, 0) is 19.1 Å². The number of benzene rings is 1. The zero-order valence-electron chi connectivity index (χ0n) is 9.61. The van der Waals surface area contributed by atoms with Gasteiger partial charge in [0, 0.05) is 6.54 Å². The monoisotopic (exact) mass is 304 g/mol. The molecule has 0 radical (unpaired) electrons. The molecule has 1 aliphatic rings. The number of imide groups is 2. The van der Waals surface area contributed by atoms with Crippen molar-refractivity contribution < 1.29 is 18.8 Å². The highest BCUT2D eigenvalue weighted by molar-refractivity contribution is 6.53. The van der Waals surface area contributed by atoms with E-state index in [-0.39, 0.29) is 22.3 Å². The lowest BCUT2D eigenvalue weighted by atomic mass is 10.3. The minimum absolute atomic E-state index is 0.0456. The first-order valence-corrected chi connectivity index (χ1v) is 5.98. The lowest BCUT2D eigenvalue weighted by Crippen LogP contribution is -2.33. The molecule has 8 heteroatoms. The van der Waals surface area contributed by atoms with Crippen LogP contribution in [0.4, 0.5) is 14.9 Å². The average molecular weight is 305 g/mol. The second-order valence-corrected chi connectivity index (χ2v) is 4.51. The van der Waals surface area contributed by atoms with E-state index in [0.29, 0.717) is 4.90 Å². The van der Waals surface area contributed by atoms with E-state index in [1.54, 1.807) is 6.92 Å². The summed E-state index contributed by atoms with van der Waals surface area (Å²) < 4.78 is 13.3. The van der Waals surface area contributed by atoms with Gasteiger partial charge in [0.15, 0.2) is 5.82 Å². The summed E-state index contributed by atoms with van der Waals surface area (Å²) in [5, 5.41) is -0.684. The molecule has 0 atom stereocenters. The minimum atomic E-state index is -1.02. The summed E-state index contributed by atoms with van der Waals surface area (Å²) in [5.41, 5.74) is -0.0456. The largest absolute Gasteiger partial charge is 0.338 e. The third kappa shape index (κ3) is 2.06. The van der Waals surface area contributed by atoms with Crippen molar-refractivity contribution in [1.82, 2.24) is 4.90 Å². The average Bonchev–Trinajstić information content (AvgIpc) is 2.57. The van der Waals surface area contributed by atoms with E-state index >= 15 is 0 Å². The molecule has 4 amide bonds. The van der Waals surface area contributed by atoms with Crippen LogP contribution in [-0.4, -0.2) is 29.3 Å². The Kier molecular flexibility index (Phi) is 3.47. The molecular weight excluding hydrogens is 298 g/mol. The Bertz CT molecular complexity index is 583. The van der Waals surface area contributed by atoms with Gasteiger partial charge in [0.25, 0.3) is 0 Å². The summed E-state index contributed by atoms with van der Waals surface area (Å²) in [7, 11) is 0. The fourth-order valence-corrected chi connectivity index (χ4v) is 2.16. The predicted octanol–water partition coefficient (Wildman–Crippen LogP) is 2.45. The van der Waals surface area contributed by atoms with Crippen molar-refractivity contribution in [2.45, 2.75) is 6.92 Å². The topological polar surface area (TPSA) is 57.7 Å². The predicted molar refractivity (Wildman–Crippen MR) is 66.7 cm³/mol. The van der Waals surface area contributed by atoms with E-state index in [2.05, 4.69) is 0 Å². The van der Waals surface area contributed by atoms with Gasteiger partial charge < -0.3 is 0 Å². The van der Waals surface area contributed by atoms with Crippen molar-refractivity contribution in [3.05, 3.63) is 28.0 Å². The van der Waals surface area contributed by atoms with Crippen LogP contribution < -0.4 is 4.90 Å². The maximum absolute atomic E-state index is 13.3. The Morgan fingerprint density at radius 2 is 1.63 bits per heavy atom. The quantitative estimate of drug-likeness (QED) is 0.479. The summed E-state index contributed by atoms with van der Waals surface area (Å²) in [5.74, 6) is -2.82. The Morgan fingerprint density at radius 3 is 2.05 bits per heavy atom. The van der Waals surface area contributed by atoms with Crippen molar-refractivity contribution in [1.29, 1.82) is 0 Å². The van der Waals surface area contributed by atoms with E-state index < -0.39 is 23.7 Å². The second kappa shape index (κ2) is 4.79. The van der Waals surface area contributed by atoms with E-state index in [4.69, 9.17) is 23.2 Å². The van der Waals surface area contributed by atoms with Crippen molar-refractivity contribution in [2.75, 3.05) is 11.4 Å². The van der Waals surface area contributed by atoms with Crippen LogP contribution in [0, 0.1) is 5.82 Å². The van der Waals surface area contributed by atoms with Crippen LogP contribution in [0.1, 0.15) is 6.92 Å². The Hall–Kier alpha value is -1.66. The van der Waals surface area contributed by atoms with Crippen LogP contribution in [-0.2, 0) is 9.59 Å². The highest BCUT2D eigenvalue weighted by Crippen LogP contribution is 2.31. The molecule has 0 bridgehead atoms. The maximum atomic E-state index is 13.3.